The van der Waals surface area contributed by atoms with Crippen molar-refractivity contribution in [1.29, 1.82) is 0 Å². The Bertz CT molecular complexity index is 857. The van der Waals surface area contributed by atoms with Crippen LogP contribution in [-0.2, 0) is 5.41 Å². The minimum Gasteiger partial charge on any atom is -0.307 e. The zero-order valence-electron chi connectivity index (χ0n) is 15.0. The Hall–Kier alpha value is -1.000. The molecule has 2 fully saturated rings. The highest BCUT2D eigenvalue weighted by Crippen LogP contribution is 2.63. The molecule has 1 aliphatic heterocycles. The first-order chi connectivity index (χ1) is 11.9. The van der Waals surface area contributed by atoms with Crippen molar-refractivity contribution in [3.63, 3.8) is 0 Å². The molecular weight excluding hydrogens is 346 g/mol. The lowest BCUT2D eigenvalue weighted by Crippen LogP contribution is -2.33. The molecule has 1 aromatic carbocycles. The third-order valence-corrected chi connectivity index (χ3v) is 9.22. The molecule has 2 aromatic rings. The summed E-state index contributed by atoms with van der Waals surface area (Å²) < 4.78 is 0. The molecule has 1 aromatic heterocycles. The van der Waals surface area contributed by atoms with Crippen LogP contribution in [-0.4, -0.2) is 10.2 Å². The number of thiazole rings is 1. The number of rotatable bonds is 1. The van der Waals surface area contributed by atoms with Crippen molar-refractivity contribution < 1.29 is 0 Å². The molecule has 2 bridgehead atoms. The molecule has 0 saturated heterocycles. The van der Waals surface area contributed by atoms with Crippen LogP contribution in [0.1, 0.15) is 62.0 Å². The second kappa shape index (κ2) is 5.50. The average Bonchev–Trinajstić information content (AvgIpc) is 3.25. The van der Waals surface area contributed by atoms with Gasteiger partial charge in [0.15, 0.2) is 0 Å². The van der Waals surface area contributed by atoms with E-state index in [1.165, 1.54) is 46.6 Å². The average molecular weight is 372 g/mol. The van der Waals surface area contributed by atoms with Crippen molar-refractivity contribution in [3.05, 3.63) is 49.9 Å². The van der Waals surface area contributed by atoms with Gasteiger partial charge in [-0.25, -0.2) is 0 Å². The van der Waals surface area contributed by atoms with Gasteiger partial charge in [-0.3, -0.25) is 4.79 Å². The fraction of sp³-hybridized carbons (Fsp3) is 0.571. The van der Waals surface area contributed by atoms with E-state index in [2.05, 4.69) is 50.0 Å². The van der Waals surface area contributed by atoms with Crippen molar-refractivity contribution in [2.45, 2.75) is 61.6 Å². The number of benzene rings is 1. The van der Waals surface area contributed by atoms with E-state index in [-0.39, 0.29) is 10.3 Å². The number of thioether (sulfide) groups is 1. The number of hydrogen-bond donors (Lipinski definition) is 1. The van der Waals surface area contributed by atoms with E-state index in [0.717, 1.165) is 16.9 Å². The molecule has 2 heterocycles. The summed E-state index contributed by atoms with van der Waals surface area (Å²) in [5.41, 5.74) is 2.97. The van der Waals surface area contributed by atoms with Gasteiger partial charge in [0, 0.05) is 16.0 Å². The summed E-state index contributed by atoms with van der Waals surface area (Å²) in [5.74, 6) is 2.82. The van der Waals surface area contributed by atoms with Crippen molar-refractivity contribution in [3.8, 4) is 0 Å². The summed E-state index contributed by atoms with van der Waals surface area (Å²) in [6, 6.07) is 9.26. The van der Waals surface area contributed by atoms with Crippen LogP contribution >= 0.6 is 23.1 Å². The minimum atomic E-state index is 0.112. The summed E-state index contributed by atoms with van der Waals surface area (Å²) >= 11 is 3.42. The van der Waals surface area contributed by atoms with Crippen LogP contribution in [0.2, 0.25) is 0 Å². The van der Waals surface area contributed by atoms with Crippen LogP contribution in [0.5, 0.6) is 0 Å². The highest BCUT2D eigenvalue weighted by molar-refractivity contribution is 8.00. The van der Waals surface area contributed by atoms with Crippen LogP contribution in [0.4, 0.5) is 0 Å². The van der Waals surface area contributed by atoms with Crippen molar-refractivity contribution in [1.82, 2.24) is 4.98 Å². The molecule has 2 aliphatic carbocycles. The van der Waals surface area contributed by atoms with E-state index in [4.69, 9.17) is 0 Å². The molecule has 2 nitrogen and oxygen atoms in total. The Morgan fingerprint density at radius 1 is 1.08 bits per heavy atom. The molecule has 0 spiro atoms. The van der Waals surface area contributed by atoms with Gasteiger partial charge in [-0.15, -0.1) is 11.8 Å². The zero-order valence-corrected chi connectivity index (χ0v) is 16.7. The molecule has 0 unspecified atom stereocenters. The normalized spacial score (nSPS) is 33.3. The largest absolute Gasteiger partial charge is 0.307 e. The van der Waals surface area contributed by atoms with Gasteiger partial charge in [0.05, 0.1) is 5.03 Å². The molecule has 25 heavy (non-hydrogen) atoms. The van der Waals surface area contributed by atoms with E-state index in [1.54, 1.807) is 0 Å². The molecule has 132 valence electrons. The third kappa shape index (κ3) is 2.48. The van der Waals surface area contributed by atoms with Gasteiger partial charge in [0.1, 0.15) is 0 Å². The molecule has 3 aliphatic rings. The summed E-state index contributed by atoms with van der Waals surface area (Å²) in [6.45, 7) is 6.80. The van der Waals surface area contributed by atoms with Crippen LogP contribution < -0.4 is 4.87 Å². The van der Waals surface area contributed by atoms with Crippen LogP contribution in [0.25, 0.3) is 0 Å². The Morgan fingerprint density at radius 3 is 2.52 bits per heavy atom. The zero-order chi connectivity index (χ0) is 17.3. The van der Waals surface area contributed by atoms with Gasteiger partial charge in [-0.05, 0) is 53.6 Å². The summed E-state index contributed by atoms with van der Waals surface area (Å²) in [5, 5.41) is 1.86. The van der Waals surface area contributed by atoms with Gasteiger partial charge in [-0.2, -0.15) is 0 Å². The van der Waals surface area contributed by atoms with Gasteiger partial charge in [-0.1, -0.05) is 56.4 Å². The maximum absolute atomic E-state index is 12.1. The molecule has 4 heteroatoms. The van der Waals surface area contributed by atoms with Crippen molar-refractivity contribution in [2.24, 2.45) is 17.8 Å². The van der Waals surface area contributed by atoms with Gasteiger partial charge >= 0.3 is 4.87 Å². The van der Waals surface area contributed by atoms with Crippen LogP contribution in [0.3, 0.4) is 0 Å². The van der Waals surface area contributed by atoms with E-state index in [9.17, 15) is 4.79 Å². The van der Waals surface area contributed by atoms with E-state index < -0.39 is 0 Å². The summed E-state index contributed by atoms with van der Waals surface area (Å²) in [6.07, 6.45) is 4.17. The molecule has 5 rings (SSSR count). The second-order valence-electron chi connectivity index (χ2n) is 9.05. The minimum absolute atomic E-state index is 0.112. The number of H-pyrrole nitrogens is 1. The highest BCUT2D eigenvalue weighted by atomic mass is 32.2. The molecule has 1 N–H and O–H groups in total. The summed E-state index contributed by atoms with van der Waals surface area (Å²) in [7, 11) is 0. The monoisotopic (exact) mass is 371 g/mol. The molecule has 0 radical (unpaired) electrons. The first-order valence-corrected chi connectivity index (χ1v) is 11.1. The maximum atomic E-state index is 12.1. The first kappa shape index (κ1) is 16.2. The number of aromatic nitrogens is 1. The molecule has 5 atom stereocenters. The third-order valence-electron chi connectivity index (χ3n) is 6.60. The topological polar surface area (TPSA) is 32.9 Å². The molecule has 2 saturated carbocycles. The second-order valence-corrected chi connectivity index (χ2v) is 11.3. The van der Waals surface area contributed by atoms with E-state index in [1.807, 2.05) is 11.8 Å². The fourth-order valence-electron chi connectivity index (χ4n) is 5.41. The Kier molecular flexibility index (Phi) is 3.56. The first-order valence-electron chi connectivity index (χ1n) is 9.42. The predicted molar refractivity (Wildman–Crippen MR) is 106 cm³/mol. The molecular formula is C21H25NOS2. The van der Waals surface area contributed by atoms with E-state index >= 15 is 0 Å². The van der Waals surface area contributed by atoms with E-state index in [0.29, 0.717) is 17.1 Å². The Labute approximate surface area is 157 Å². The smallest absolute Gasteiger partial charge is 0.305 e. The number of nitrogens with one attached hydrogen (secondary N) is 1. The molecule has 0 amide bonds. The number of fused-ring (bicyclic) bond motifs is 6. The van der Waals surface area contributed by atoms with Gasteiger partial charge < -0.3 is 4.98 Å². The van der Waals surface area contributed by atoms with Gasteiger partial charge in [0.2, 0.25) is 0 Å². The SMILES string of the molecule is CC(C)(C)c1ccc([C@@H]2c3sc(=O)[nH]c3S[C@H]3[C@@H]4CC[C@H](C4)[C@H]23)cc1. The fourth-order valence-corrected chi connectivity index (χ4v) is 8.31. The van der Waals surface area contributed by atoms with Gasteiger partial charge in [0.25, 0.3) is 0 Å². The number of hydrogen-bond acceptors (Lipinski definition) is 3. The number of aromatic amines is 1. The Morgan fingerprint density at radius 2 is 1.80 bits per heavy atom. The lowest BCUT2D eigenvalue weighted by Gasteiger charge is -2.40. The van der Waals surface area contributed by atoms with Crippen molar-refractivity contribution in [2.75, 3.05) is 0 Å². The predicted octanol–water partition coefficient (Wildman–Crippen LogP) is 5.39. The quantitative estimate of drug-likeness (QED) is 0.729. The van der Waals surface area contributed by atoms with Crippen LogP contribution in [0.15, 0.2) is 34.1 Å². The summed E-state index contributed by atoms with van der Waals surface area (Å²) in [4.78, 5) is 16.6. The lowest BCUT2D eigenvalue weighted by atomic mass is 9.74. The lowest BCUT2D eigenvalue weighted by molar-refractivity contribution is 0.307. The van der Waals surface area contributed by atoms with Crippen LogP contribution in [0, 0.1) is 17.8 Å². The Balaban J connectivity index is 1.61. The maximum Gasteiger partial charge on any atom is 0.305 e. The standard InChI is InChI=1S/C21H25NOS2/c1-21(2,3)14-8-6-11(7-9-14)15-16-12-4-5-13(10-12)17(16)24-19-18(15)25-20(23)22-19/h6-9,12-13,15-17H,4-5,10H2,1-3H3,(H,22,23)/t12-,13-,15+,16-,17+/m1/s1. The highest BCUT2D eigenvalue weighted by Gasteiger charge is 2.54. The van der Waals surface area contributed by atoms with Crippen molar-refractivity contribution >= 4 is 23.1 Å².